The van der Waals surface area contributed by atoms with E-state index in [0.29, 0.717) is 43.9 Å². The zero-order valence-corrected chi connectivity index (χ0v) is 24.1. The molecule has 2 aromatic carbocycles. The number of nitrogens with zero attached hydrogens (tertiary/aromatic N) is 3. The Bertz CT molecular complexity index is 1450. The highest BCUT2D eigenvalue weighted by molar-refractivity contribution is 5.88. The van der Waals surface area contributed by atoms with Gasteiger partial charge in [-0.1, -0.05) is 25.1 Å². The maximum absolute atomic E-state index is 14.8. The van der Waals surface area contributed by atoms with E-state index >= 15 is 0 Å². The summed E-state index contributed by atoms with van der Waals surface area (Å²) in [5.74, 6) is 0.599. The van der Waals surface area contributed by atoms with Crippen molar-refractivity contribution in [3.05, 3.63) is 63.9 Å². The maximum Gasteiger partial charge on any atom is 0.266 e. The molecule has 0 unspecified atom stereocenters. The Balaban J connectivity index is 1.41. The first-order valence-electron chi connectivity index (χ1n) is 14.5. The summed E-state index contributed by atoms with van der Waals surface area (Å²) in [7, 11) is 0. The molecule has 1 N–H and O–H groups in total. The Hall–Kier alpha value is -3.20. The van der Waals surface area contributed by atoms with Gasteiger partial charge in [-0.2, -0.15) is 0 Å². The highest BCUT2D eigenvalue weighted by Crippen LogP contribution is 2.43. The number of hydrogen-bond acceptors (Lipinski definition) is 5. The molecule has 1 aromatic heterocycles. The molecule has 0 radical (unpaired) electrons. The standard InChI is InChI=1S/C32H38F3N3O3/c1-18(21-6-5-7-22(28(21)33)31(34)35)8-9-26-25-16-24(30-23(12-15-41-30)29(25)37-19(2)36-26)20-10-13-38(14-11-20)27(39)17-32(3,4)40/h5-7,16,18,20,31,40H,8-15,17H2,1-4H3/t18-/m0/s1. The number of likely N-dealkylation sites (tertiary alicyclic amines) is 1. The number of rotatable bonds is 8. The van der Waals surface area contributed by atoms with Crippen molar-refractivity contribution in [2.45, 2.75) is 90.1 Å². The second-order valence-corrected chi connectivity index (χ2v) is 12.1. The van der Waals surface area contributed by atoms with Gasteiger partial charge in [0.2, 0.25) is 5.91 Å². The maximum atomic E-state index is 14.8. The highest BCUT2D eigenvalue weighted by Gasteiger charge is 2.32. The molecule has 3 aromatic rings. The van der Waals surface area contributed by atoms with Gasteiger partial charge in [-0.3, -0.25) is 4.79 Å². The summed E-state index contributed by atoms with van der Waals surface area (Å²) < 4.78 is 47.5. The van der Waals surface area contributed by atoms with Crippen LogP contribution in [0.4, 0.5) is 13.2 Å². The molecule has 0 spiro atoms. The fourth-order valence-corrected chi connectivity index (χ4v) is 6.22. The van der Waals surface area contributed by atoms with E-state index in [1.165, 1.54) is 6.07 Å². The quantitative estimate of drug-likeness (QED) is 0.333. The summed E-state index contributed by atoms with van der Waals surface area (Å²) in [4.78, 5) is 24.1. The molecule has 3 heterocycles. The molecule has 1 atom stereocenters. The predicted molar refractivity (Wildman–Crippen MR) is 151 cm³/mol. The first kappa shape index (κ1) is 29.3. The number of carbonyl (C=O) groups is 1. The van der Waals surface area contributed by atoms with Gasteiger partial charge in [-0.05, 0) is 75.5 Å². The number of ether oxygens (including phenoxy) is 1. The van der Waals surface area contributed by atoms with E-state index in [1.807, 2.05) is 18.7 Å². The molecule has 2 aliphatic heterocycles. The van der Waals surface area contributed by atoms with Gasteiger partial charge in [0, 0.05) is 30.5 Å². The third-order valence-electron chi connectivity index (χ3n) is 8.37. The van der Waals surface area contributed by atoms with Crippen LogP contribution in [0.2, 0.25) is 0 Å². The first-order valence-corrected chi connectivity index (χ1v) is 14.5. The Morgan fingerprint density at radius 1 is 1.20 bits per heavy atom. The largest absolute Gasteiger partial charge is 0.493 e. The Morgan fingerprint density at radius 2 is 1.90 bits per heavy atom. The topological polar surface area (TPSA) is 75.6 Å². The summed E-state index contributed by atoms with van der Waals surface area (Å²) in [5.41, 5.74) is 2.61. The van der Waals surface area contributed by atoms with Crippen LogP contribution in [0, 0.1) is 12.7 Å². The van der Waals surface area contributed by atoms with Crippen molar-refractivity contribution in [1.82, 2.24) is 14.9 Å². The van der Waals surface area contributed by atoms with Crippen LogP contribution < -0.4 is 4.74 Å². The molecule has 9 heteroatoms. The van der Waals surface area contributed by atoms with Gasteiger partial charge in [0.25, 0.3) is 6.43 Å². The fourth-order valence-electron chi connectivity index (χ4n) is 6.22. The van der Waals surface area contributed by atoms with E-state index in [-0.39, 0.29) is 24.2 Å². The normalized spacial score (nSPS) is 16.8. The number of alkyl halides is 2. The summed E-state index contributed by atoms with van der Waals surface area (Å²) in [6.07, 6.45) is 0.656. The molecule has 0 bridgehead atoms. The van der Waals surface area contributed by atoms with E-state index in [9.17, 15) is 23.1 Å². The minimum Gasteiger partial charge on any atom is -0.493 e. The SMILES string of the molecule is Cc1nc(CC[C@H](C)c2cccc(C(F)F)c2F)c2cc(C3CCN(C(=O)CC(C)(C)O)CC3)c3c(c2n1)CCO3. The third-order valence-corrected chi connectivity index (χ3v) is 8.37. The van der Waals surface area contributed by atoms with Gasteiger partial charge >= 0.3 is 0 Å². The van der Waals surface area contributed by atoms with Crippen molar-refractivity contribution in [3.8, 4) is 5.75 Å². The first-order chi connectivity index (χ1) is 19.4. The number of halogens is 3. The number of fused-ring (bicyclic) bond motifs is 3. The van der Waals surface area contributed by atoms with Crippen LogP contribution in [-0.4, -0.2) is 51.2 Å². The molecule has 0 saturated carbocycles. The van der Waals surface area contributed by atoms with Crippen LogP contribution in [0.15, 0.2) is 24.3 Å². The van der Waals surface area contributed by atoms with Crippen LogP contribution in [0.5, 0.6) is 5.75 Å². The van der Waals surface area contributed by atoms with E-state index in [1.54, 1.807) is 19.9 Å². The van der Waals surface area contributed by atoms with Crippen molar-refractivity contribution in [2.75, 3.05) is 19.7 Å². The van der Waals surface area contributed by atoms with Crippen LogP contribution in [0.1, 0.15) is 98.5 Å². The number of benzene rings is 2. The smallest absolute Gasteiger partial charge is 0.266 e. The second kappa shape index (κ2) is 11.6. The molecule has 5 rings (SSSR count). The molecular formula is C32H38F3N3O3. The van der Waals surface area contributed by atoms with Gasteiger partial charge in [-0.15, -0.1) is 0 Å². The highest BCUT2D eigenvalue weighted by atomic mass is 19.3. The molecule has 1 fully saturated rings. The summed E-state index contributed by atoms with van der Waals surface area (Å²) in [6, 6.07) is 6.33. The molecule has 220 valence electrons. The predicted octanol–water partition coefficient (Wildman–Crippen LogP) is 6.55. The number of aryl methyl sites for hydroxylation is 2. The van der Waals surface area contributed by atoms with E-state index in [0.717, 1.165) is 58.8 Å². The van der Waals surface area contributed by atoms with Gasteiger partial charge in [0.1, 0.15) is 17.4 Å². The number of carbonyl (C=O) groups excluding carboxylic acids is 1. The average Bonchev–Trinajstić information content (AvgIpc) is 3.41. The Morgan fingerprint density at radius 3 is 2.59 bits per heavy atom. The Kier molecular flexibility index (Phi) is 8.28. The molecule has 0 aliphatic carbocycles. The second-order valence-electron chi connectivity index (χ2n) is 12.1. The molecular weight excluding hydrogens is 531 g/mol. The molecule has 41 heavy (non-hydrogen) atoms. The van der Waals surface area contributed by atoms with Gasteiger partial charge in [0.05, 0.1) is 35.4 Å². The summed E-state index contributed by atoms with van der Waals surface area (Å²) >= 11 is 0. The van der Waals surface area contributed by atoms with E-state index < -0.39 is 23.4 Å². The molecule has 1 saturated heterocycles. The number of piperidine rings is 1. The van der Waals surface area contributed by atoms with Gasteiger partial charge < -0.3 is 14.7 Å². The average molecular weight is 570 g/mol. The van der Waals surface area contributed by atoms with Gasteiger partial charge in [0.15, 0.2) is 0 Å². The molecule has 6 nitrogen and oxygen atoms in total. The lowest BCUT2D eigenvalue weighted by molar-refractivity contribution is -0.136. The van der Waals surface area contributed by atoms with Crippen molar-refractivity contribution >= 4 is 16.8 Å². The molecule has 1 amide bonds. The molecule has 2 aliphatic rings. The lowest BCUT2D eigenvalue weighted by Crippen LogP contribution is -2.41. The van der Waals surface area contributed by atoms with E-state index in [4.69, 9.17) is 14.7 Å². The zero-order chi connectivity index (χ0) is 29.5. The van der Waals surface area contributed by atoms with E-state index in [2.05, 4.69) is 6.07 Å². The van der Waals surface area contributed by atoms with Crippen molar-refractivity contribution in [1.29, 1.82) is 0 Å². The fraction of sp³-hybridized carbons (Fsp3) is 0.531. The minimum atomic E-state index is -2.86. The number of hydrogen-bond donors (Lipinski definition) is 1. The third kappa shape index (κ3) is 6.20. The van der Waals surface area contributed by atoms with Crippen LogP contribution in [-0.2, 0) is 17.6 Å². The summed E-state index contributed by atoms with van der Waals surface area (Å²) in [6.45, 7) is 8.82. The van der Waals surface area contributed by atoms with Crippen molar-refractivity contribution in [2.24, 2.45) is 0 Å². The van der Waals surface area contributed by atoms with Crippen LogP contribution in [0.25, 0.3) is 10.9 Å². The zero-order valence-electron chi connectivity index (χ0n) is 24.1. The number of aromatic nitrogens is 2. The van der Waals surface area contributed by atoms with Crippen LogP contribution in [0.3, 0.4) is 0 Å². The summed E-state index contributed by atoms with van der Waals surface area (Å²) in [5, 5.41) is 11.0. The minimum absolute atomic E-state index is 0.0354. The van der Waals surface area contributed by atoms with Crippen LogP contribution >= 0.6 is 0 Å². The van der Waals surface area contributed by atoms with Crippen molar-refractivity contribution in [3.63, 3.8) is 0 Å². The number of aliphatic hydroxyl groups is 1. The Labute approximate surface area is 238 Å². The lowest BCUT2D eigenvalue weighted by atomic mass is 9.85. The van der Waals surface area contributed by atoms with Crippen molar-refractivity contribution < 1.29 is 27.8 Å². The number of amides is 1. The monoisotopic (exact) mass is 569 g/mol. The lowest BCUT2D eigenvalue weighted by Gasteiger charge is -2.34. The van der Waals surface area contributed by atoms with Gasteiger partial charge in [-0.25, -0.2) is 23.1 Å².